The summed E-state index contributed by atoms with van der Waals surface area (Å²) >= 11 is 0. The Morgan fingerprint density at radius 1 is 1.21 bits per heavy atom. The normalized spacial score (nSPS) is 17.2. The fourth-order valence-electron chi connectivity index (χ4n) is 4.02. The van der Waals surface area contributed by atoms with E-state index in [9.17, 15) is 9.90 Å². The van der Waals surface area contributed by atoms with Crippen LogP contribution in [0.25, 0.3) is 0 Å². The monoisotopic (exact) mass is 402 g/mol. The minimum absolute atomic E-state index is 0.200. The molecule has 9 heteroatoms. The van der Waals surface area contributed by atoms with Crippen molar-refractivity contribution >= 4 is 11.7 Å². The molecule has 0 amide bonds. The first-order valence-corrected chi connectivity index (χ1v) is 10.3. The number of benzene rings is 1. The van der Waals surface area contributed by atoms with Gasteiger partial charge in [-0.05, 0) is 30.5 Å². The van der Waals surface area contributed by atoms with Gasteiger partial charge in [-0.1, -0.05) is 30.7 Å². The van der Waals surface area contributed by atoms with Crippen LogP contribution in [0.5, 0.6) is 0 Å². The van der Waals surface area contributed by atoms with Crippen LogP contribution in [0.3, 0.4) is 0 Å². The minimum atomic E-state index is -0.820. The molecule has 1 fully saturated rings. The number of β-amino-alcohol motifs (C(OH)–C–C–N with tert-alkyl or cyclic N) is 1. The van der Waals surface area contributed by atoms with E-state index in [0.717, 1.165) is 50.4 Å². The summed E-state index contributed by atoms with van der Waals surface area (Å²) in [5.41, 5.74) is 2.22. The Bertz CT molecular complexity index is 744. The van der Waals surface area contributed by atoms with Gasteiger partial charge in [-0.25, -0.2) is 0 Å². The average Bonchev–Trinajstić information content (AvgIpc) is 3.26. The number of piperazine rings is 1. The predicted octanol–water partition coefficient (Wildman–Crippen LogP) is 1.14. The number of hydrogen-bond acceptors (Lipinski definition) is 7. The van der Waals surface area contributed by atoms with Gasteiger partial charge >= 0.3 is 5.97 Å². The highest BCUT2D eigenvalue weighted by molar-refractivity contribution is 5.71. The third-order valence-electron chi connectivity index (χ3n) is 5.64. The van der Waals surface area contributed by atoms with Crippen molar-refractivity contribution < 1.29 is 15.0 Å². The number of tetrazole rings is 1. The Hall–Kier alpha value is -2.52. The molecular formula is C20H30N6O3. The van der Waals surface area contributed by atoms with Crippen LogP contribution in [-0.4, -0.2) is 81.0 Å². The quantitative estimate of drug-likeness (QED) is 0.541. The van der Waals surface area contributed by atoms with Crippen molar-refractivity contribution in [3.05, 3.63) is 35.7 Å². The topological polar surface area (TPSA) is 118 Å². The van der Waals surface area contributed by atoms with Crippen LogP contribution < -0.4 is 4.90 Å². The third-order valence-corrected chi connectivity index (χ3v) is 5.64. The molecular weight excluding hydrogens is 372 g/mol. The number of aromatic nitrogens is 4. The van der Waals surface area contributed by atoms with Gasteiger partial charge in [0.2, 0.25) is 0 Å². The lowest BCUT2D eigenvalue weighted by molar-refractivity contribution is -0.142. The molecule has 1 aliphatic rings. The highest BCUT2D eigenvalue weighted by Gasteiger charge is 2.32. The molecule has 29 heavy (non-hydrogen) atoms. The molecule has 158 valence electrons. The van der Waals surface area contributed by atoms with Gasteiger partial charge in [0.05, 0.1) is 12.5 Å². The number of carboxylic acid groups (broad SMARTS) is 1. The highest BCUT2D eigenvalue weighted by Crippen LogP contribution is 2.30. The van der Waals surface area contributed by atoms with Crippen molar-refractivity contribution in [3.8, 4) is 0 Å². The zero-order valence-electron chi connectivity index (χ0n) is 16.9. The number of aliphatic hydroxyl groups is 1. The van der Waals surface area contributed by atoms with E-state index >= 15 is 0 Å². The van der Waals surface area contributed by atoms with E-state index in [1.165, 1.54) is 0 Å². The van der Waals surface area contributed by atoms with Gasteiger partial charge in [0.25, 0.3) is 0 Å². The van der Waals surface area contributed by atoms with Crippen molar-refractivity contribution in [3.63, 3.8) is 0 Å². The van der Waals surface area contributed by atoms with Gasteiger partial charge in [0, 0.05) is 44.3 Å². The second-order valence-corrected chi connectivity index (χ2v) is 7.53. The van der Waals surface area contributed by atoms with Gasteiger partial charge in [-0.3, -0.25) is 9.69 Å². The van der Waals surface area contributed by atoms with Crippen LogP contribution in [0, 0.1) is 5.92 Å². The maximum Gasteiger partial charge on any atom is 0.307 e. The first-order valence-electron chi connectivity index (χ1n) is 10.3. The Balaban J connectivity index is 1.68. The first-order chi connectivity index (χ1) is 14.1. The molecule has 3 rings (SSSR count). The Morgan fingerprint density at radius 2 is 1.93 bits per heavy atom. The molecule has 0 saturated carbocycles. The van der Waals surface area contributed by atoms with Crippen LogP contribution in [0.15, 0.2) is 24.3 Å². The van der Waals surface area contributed by atoms with Crippen molar-refractivity contribution in [2.24, 2.45) is 5.92 Å². The number of aliphatic hydroxyl groups excluding tert-OH is 1. The Labute approximate surface area is 170 Å². The van der Waals surface area contributed by atoms with E-state index in [2.05, 4.69) is 54.7 Å². The molecule has 2 heterocycles. The molecule has 1 saturated heterocycles. The summed E-state index contributed by atoms with van der Waals surface area (Å²) in [7, 11) is 0. The highest BCUT2D eigenvalue weighted by atomic mass is 16.4. The lowest BCUT2D eigenvalue weighted by Gasteiger charge is -2.35. The molecule has 1 aromatic carbocycles. The van der Waals surface area contributed by atoms with Crippen LogP contribution >= 0.6 is 0 Å². The third kappa shape index (κ3) is 5.51. The van der Waals surface area contributed by atoms with E-state index in [-0.39, 0.29) is 12.5 Å². The van der Waals surface area contributed by atoms with E-state index < -0.39 is 11.9 Å². The lowest BCUT2D eigenvalue weighted by atomic mass is 9.83. The lowest BCUT2D eigenvalue weighted by Crippen LogP contribution is -2.47. The number of aliphatic carboxylic acids is 1. The number of rotatable bonds is 10. The summed E-state index contributed by atoms with van der Waals surface area (Å²) in [6, 6.07) is 8.32. The second kappa shape index (κ2) is 10.3. The van der Waals surface area contributed by atoms with Crippen LogP contribution in [0.1, 0.15) is 37.1 Å². The number of anilines is 1. The molecule has 2 aromatic rings. The zero-order chi connectivity index (χ0) is 20.6. The molecule has 1 aliphatic heterocycles. The van der Waals surface area contributed by atoms with Gasteiger partial charge < -0.3 is 15.1 Å². The summed E-state index contributed by atoms with van der Waals surface area (Å²) in [6.07, 6.45) is 1.91. The number of carbonyl (C=O) groups is 1. The summed E-state index contributed by atoms with van der Waals surface area (Å²) < 4.78 is 0. The SMILES string of the molecule is CCCC(C(=O)O)C(Cc1ccc(N2CCN(CCO)CC2)cc1)c1nn[nH]n1. The van der Waals surface area contributed by atoms with Crippen LogP contribution in [0.4, 0.5) is 5.69 Å². The maximum atomic E-state index is 11.8. The molecule has 0 aliphatic carbocycles. The van der Waals surface area contributed by atoms with Crippen molar-refractivity contribution in [2.75, 3.05) is 44.2 Å². The number of hydrogen-bond donors (Lipinski definition) is 3. The summed E-state index contributed by atoms with van der Waals surface area (Å²) in [5.74, 6) is -1.23. The summed E-state index contributed by atoms with van der Waals surface area (Å²) in [6.45, 7) is 6.67. The molecule has 0 radical (unpaired) electrons. The van der Waals surface area contributed by atoms with Crippen molar-refractivity contribution in [1.82, 2.24) is 25.5 Å². The molecule has 3 N–H and O–H groups in total. The fourth-order valence-corrected chi connectivity index (χ4v) is 4.02. The Morgan fingerprint density at radius 3 is 2.48 bits per heavy atom. The Kier molecular flexibility index (Phi) is 7.54. The van der Waals surface area contributed by atoms with Gasteiger partial charge in [0.1, 0.15) is 0 Å². The molecule has 0 spiro atoms. The standard InChI is InChI=1S/C20H30N6O3/c1-2-3-17(20(28)29)18(19-21-23-24-22-19)14-15-4-6-16(7-5-15)26-10-8-25(9-11-26)12-13-27/h4-7,17-18,27H,2-3,8-14H2,1H3,(H,28,29)(H,21,22,23,24). The zero-order valence-corrected chi connectivity index (χ0v) is 16.9. The fraction of sp³-hybridized carbons (Fsp3) is 0.600. The molecule has 0 bridgehead atoms. The van der Waals surface area contributed by atoms with Gasteiger partial charge in [-0.2, -0.15) is 5.21 Å². The average molecular weight is 402 g/mol. The molecule has 1 aromatic heterocycles. The van der Waals surface area contributed by atoms with Crippen LogP contribution in [-0.2, 0) is 11.2 Å². The van der Waals surface area contributed by atoms with Crippen molar-refractivity contribution in [1.29, 1.82) is 0 Å². The van der Waals surface area contributed by atoms with Gasteiger partial charge in [-0.15, -0.1) is 10.2 Å². The smallest absolute Gasteiger partial charge is 0.307 e. The summed E-state index contributed by atoms with van der Waals surface area (Å²) in [4.78, 5) is 16.4. The predicted molar refractivity (Wildman–Crippen MR) is 109 cm³/mol. The summed E-state index contributed by atoms with van der Waals surface area (Å²) in [5, 5.41) is 33.0. The van der Waals surface area contributed by atoms with E-state index in [1.54, 1.807) is 0 Å². The van der Waals surface area contributed by atoms with Crippen molar-refractivity contribution in [2.45, 2.75) is 32.1 Å². The van der Waals surface area contributed by atoms with E-state index in [1.807, 2.05) is 6.92 Å². The van der Waals surface area contributed by atoms with Gasteiger partial charge in [0.15, 0.2) is 5.82 Å². The second-order valence-electron chi connectivity index (χ2n) is 7.53. The minimum Gasteiger partial charge on any atom is -0.481 e. The maximum absolute atomic E-state index is 11.8. The van der Waals surface area contributed by atoms with Crippen LogP contribution in [0.2, 0.25) is 0 Å². The van der Waals surface area contributed by atoms with E-state index in [0.29, 0.717) is 18.7 Å². The molecule has 2 atom stereocenters. The molecule has 2 unspecified atom stereocenters. The number of carboxylic acids is 1. The number of nitrogens with zero attached hydrogens (tertiary/aromatic N) is 5. The molecule has 9 nitrogen and oxygen atoms in total. The first kappa shape index (κ1) is 21.2. The number of H-pyrrole nitrogens is 1. The number of aromatic amines is 1. The number of nitrogens with one attached hydrogen (secondary N) is 1. The largest absolute Gasteiger partial charge is 0.481 e. The van der Waals surface area contributed by atoms with E-state index in [4.69, 9.17) is 5.11 Å².